The van der Waals surface area contributed by atoms with E-state index in [0.29, 0.717) is 0 Å². The number of carbonyl (C=O) groups is 3. The molecule has 0 aliphatic heterocycles. The fourth-order valence-electron chi connectivity index (χ4n) is 0.714. The Labute approximate surface area is 127 Å². The Bertz CT molecular complexity index is 234. The normalized spacial score (nSPS) is 9.40. The van der Waals surface area contributed by atoms with Gasteiger partial charge in [-0.15, -0.1) is 0 Å². The molecule has 0 spiro atoms. The average Bonchev–Trinajstić information content (AvgIpc) is 1.82. The first kappa shape index (κ1) is 20.4. The first-order valence-electron chi connectivity index (χ1n) is 3.17. The second-order valence-corrected chi connectivity index (χ2v) is 2.48. The van der Waals surface area contributed by atoms with Crippen LogP contribution in [0.2, 0.25) is 0 Å². The summed E-state index contributed by atoms with van der Waals surface area (Å²) in [4.78, 5) is 30.5. The van der Waals surface area contributed by atoms with Crippen LogP contribution in [0.5, 0.6) is 0 Å². The van der Waals surface area contributed by atoms with Crippen LogP contribution >= 0.6 is 0 Å². The summed E-state index contributed by atoms with van der Waals surface area (Å²) >= 11 is 0. The summed E-state index contributed by atoms with van der Waals surface area (Å²) < 4.78 is 0. The Balaban J connectivity index is -0.000000720. The van der Waals surface area contributed by atoms with Gasteiger partial charge in [0.15, 0.2) is 5.60 Å². The molecule has 0 atom stereocenters. The van der Waals surface area contributed by atoms with Crippen molar-refractivity contribution < 1.29 is 40.3 Å². The Morgan fingerprint density at radius 2 is 1.20 bits per heavy atom. The molecule has 0 fully saturated rings. The van der Waals surface area contributed by atoms with E-state index in [0.717, 1.165) is 0 Å². The van der Waals surface area contributed by atoms with Crippen molar-refractivity contribution in [3.8, 4) is 0 Å². The van der Waals surface area contributed by atoms with E-state index >= 15 is 0 Å². The second-order valence-electron chi connectivity index (χ2n) is 2.48. The van der Waals surface area contributed by atoms with Gasteiger partial charge in [0.25, 0.3) is 0 Å². The summed E-state index contributed by atoms with van der Waals surface area (Å²) in [7, 11) is 0. The Kier molecular flexibility index (Phi) is 11.1. The number of hydrogen-bond acceptors (Lipinski definition) is 4. The van der Waals surface area contributed by atoms with Crippen LogP contribution in [0, 0.1) is 0 Å². The van der Waals surface area contributed by atoms with Crippen LogP contribution in [0.15, 0.2) is 0 Å². The van der Waals surface area contributed by atoms with Crippen molar-refractivity contribution in [3.63, 3.8) is 0 Å². The zero-order valence-electron chi connectivity index (χ0n) is 7.93. The topological polar surface area (TPSA) is 164 Å². The van der Waals surface area contributed by atoms with Crippen molar-refractivity contribution in [1.29, 1.82) is 0 Å². The monoisotopic (exact) mass is 249 g/mol. The van der Waals surface area contributed by atoms with Crippen molar-refractivity contribution in [2.45, 2.75) is 18.4 Å². The molecule has 0 amide bonds. The molecule has 0 bridgehead atoms. The van der Waals surface area contributed by atoms with Crippen molar-refractivity contribution in [3.05, 3.63) is 0 Å². The molecule has 1 radical (unpaired) electrons. The number of hydrogen-bond donors (Lipinski definition) is 4. The Morgan fingerprint density at radius 3 is 1.33 bits per heavy atom. The SMILES string of the molecule is O.O=C(O)CC(O)(CC(=O)O)C(=O)O.[K]. The molecule has 0 saturated carbocycles. The van der Waals surface area contributed by atoms with E-state index in [4.69, 9.17) is 20.4 Å². The first-order chi connectivity index (χ1) is 5.78. The average molecular weight is 249 g/mol. The van der Waals surface area contributed by atoms with Gasteiger partial charge in [-0.25, -0.2) is 4.79 Å². The minimum atomic E-state index is -2.74. The zero-order chi connectivity index (χ0) is 10.6. The molecule has 0 aliphatic carbocycles. The molecule has 9 heteroatoms. The van der Waals surface area contributed by atoms with Gasteiger partial charge in [0, 0.05) is 51.4 Å². The second kappa shape index (κ2) is 8.16. The molecule has 0 aromatic heterocycles. The van der Waals surface area contributed by atoms with Crippen molar-refractivity contribution >= 4 is 69.3 Å². The van der Waals surface area contributed by atoms with Gasteiger partial charge in [-0.1, -0.05) is 0 Å². The third-order valence-corrected chi connectivity index (χ3v) is 1.29. The molecule has 0 heterocycles. The smallest absolute Gasteiger partial charge is 0.336 e. The van der Waals surface area contributed by atoms with Crippen LogP contribution in [0.4, 0.5) is 0 Å². The van der Waals surface area contributed by atoms with E-state index in [9.17, 15) is 14.4 Å². The fraction of sp³-hybridized carbons (Fsp3) is 0.500. The number of rotatable bonds is 5. The quantitative estimate of drug-likeness (QED) is 0.392. The van der Waals surface area contributed by atoms with Gasteiger partial charge in [0.05, 0.1) is 12.8 Å². The number of carboxylic acid groups (broad SMARTS) is 3. The van der Waals surface area contributed by atoms with Gasteiger partial charge in [0.1, 0.15) is 0 Å². The molecule has 0 saturated heterocycles. The largest absolute Gasteiger partial charge is 0.481 e. The van der Waals surface area contributed by atoms with Crippen LogP contribution in [0.25, 0.3) is 0 Å². The predicted octanol–water partition coefficient (Wildman–Crippen LogP) is -2.45. The summed E-state index contributed by atoms with van der Waals surface area (Å²) in [5, 5.41) is 33.8. The third kappa shape index (κ3) is 7.85. The standard InChI is InChI=1S/C6H8O7.K.H2O/c7-3(8)1-6(13,5(11)12)2-4(9)10;;/h13H,1-2H2,(H,7,8)(H,9,10)(H,11,12);;1H2. The molecule has 0 aliphatic rings. The van der Waals surface area contributed by atoms with E-state index in [-0.39, 0.29) is 56.9 Å². The van der Waals surface area contributed by atoms with E-state index < -0.39 is 36.4 Å². The van der Waals surface area contributed by atoms with Crippen LogP contribution in [0.1, 0.15) is 12.8 Å². The zero-order valence-corrected chi connectivity index (χ0v) is 11.1. The summed E-state index contributed by atoms with van der Waals surface area (Å²) in [5.74, 6) is -5.02. The molecule has 83 valence electrons. The third-order valence-electron chi connectivity index (χ3n) is 1.29. The van der Waals surface area contributed by atoms with Crippen molar-refractivity contribution in [2.24, 2.45) is 0 Å². The predicted molar refractivity (Wildman–Crippen MR) is 46.5 cm³/mol. The summed E-state index contributed by atoms with van der Waals surface area (Å²) in [6, 6.07) is 0. The molecule has 0 aromatic rings. The minimum absolute atomic E-state index is 0. The molecule has 15 heavy (non-hydrogen) atoms. The minimum Gasteiger partial charge on any atom is -0.481 e. The van der Waals surface area contributed by atoms with Crippen LogP contribution in [0.3, 0.4) is 0 Å². The Hall–Kier alpha value is -0.0336. The summed E-state index contributed by atoms with van der Waals surface area (Å²) in [6.07, 6.45) is -2.29. The van der Waals surface area contributed by atoms with E-state index in [2.05, 4.69) is 0 Å². The maximum Gasteiger partial charge on any atom is 0.336 e. The number of aliphatic carboxylic acids is 3. The molecule has 0 aromatic carbocycles. The molecule has 0 rings (SSSR count). The van der Waals surface area contributed by atoms with Crippen molar-refractivity contribution in [1.82, 2.24) is 0 Å². The molecular formula is C6H10KO8. The molecule has 0 unspecified atom stereocenters. The van der Waals surface area contributed by atoms with Gasteiger partial charge in [-0.05, 0) is 0 Å². The maximum absolute atomic E-state index is 10.3. The van der Waals surface area contributed by atoms with Gasteiger partial charge in [-0.3, -0.25) is 9.59 Å². The molecular weight excluding hydrogens is 239 g/mol. The number of aliphatic hydroxyl groups is 1. The maximum atomic E-state index is 10.3. The fourth-order valence-corrected chi connectivity index (χ4v) is 0.714. The van der Waals surface area contributed by atoms with Crippen LogP contribution < -0.4 is 0 Å². The Morgan fingerprint density at radius 1 is 0.933 bits per heavy atom. The van der Waals surface area contributed by atoms with E-state index in [1.165, 1.54) is 0 Å². The van der Waals surface area contributed by atoms with Gasteiger partial charge in [0.2, 0.25) is 0 Å². The molecule has 6 N–H and O–H groups in total. The summed E-state index contributed by atoms with van der Waals surface area (Å²) in [5.41, 5.74) is -2.74. The summed E-state index contributed by atoms with van der Waals surface area (Å²) in [6.45, 7) is 0. The van der Waals surface area contributed by atoms with Crippen molar-refractivity contribution in [2.75, 3.05) is 0 Å². The van der Waals surface area contributed by atoms with E-state index in [1.807, 2.05) is 0 Å². The number of carboxylic acids is 3. The van der Waals surface area contributed by atoms with Crippen LogP contribution in [-0.2, 0) is 14.4 Å². The van der Waals surface area contributed by atoms with Gasteiger partial charge >= 0.3 is 17.9 Å². The first-order valence-corrected chi connectivity index (χ1v) is 3.17. The van der Waals surface area contributed by atoms with Crippen LogP contribution in [-0.4, -0.2) is 101 Å². The van der Waals surface area contributed by atoms with Gasteiger partial charge < -0.3 is 25.9 Å². The van der Waals surface area contributed by atoms with Gasteiger partial charge in [-0.2, -0.15) is 0 Å². The molecule has 8 nitrogen and oxygen atoms in total. The van der Waals surface area contributed by atoms with E-state index in [1.54, 1.807) is 0 Å².